The molecule has 22 heavy (non-hydrogen) atoms. The highest BCUT2D eigenvalue weighted by Gasteiger charge is 2.15. The van der Waals surface area contributed by atoms with Crippen LogP contribution in [-0.2, 0) is 6.54 Å². The SMILES string of the molecule is Cc1coc(C)c1C(=O)NCc1ccc(-c2ccccc2)o1. The predicted molar refractivity (Wildman–Crippen MR) is 83.5 cm³/mol. The average Bonchev–Trinajstić information content (AvgIpc) is 3.13. The number of hydrogen-bond acceptors (Lipinski definition) is 3. The van der Waals surface area contributed by atoms with Gasteiger partial charge in [-0.1, -0.05) is 30.3 Å². The fourth-order valence-electron chi connectivity index (χ4n) is 2.40. The summed E-state index contributed by atoms with van der Waals surface area (Å²) in [6, 6.07) is 13.6. The zero-order chi connectivity index (χ0) is 15.5. The Kier molecular flexibility index (Phi) is 3.83. The molecule has 0 aliphatic heterocycles. The highest BCUT2D eigenvalue weighted by Crippen LogP contribution is 2.22. The Bertz CT molecular complexity index is 764. The molecule has 0 atom stereocenters. The van der Waals surface area contributed by atoms with Gasteiger partial charge in [-0.2, -0.15) is 0 Å². The lowest BCUT2D eigenvalue weighted by molar-refractivity contribution is 0.0946. The number of furan rings is 2. The molecular weight excluding hydrogens is 278 g/mol. The number of benzene rings is 1. The molecule has 3 aromatic rings. The molecule has 4 nitrogen and oxygen atoms in total. The van der Waals surface area contributed by atoms with E-state index >= 15 is 0 Å². The van der Waals surface area contributed by atoms with Crippen molar-refractivity contribution in [3.8, 4) is 11.3 Å². The third-order valence-electron chi connectivity index (χ3n) is 3.53. The Balaban J connectivity index is 1.68. The molecule has 0 aliphatic carbocycles. The van der Waals surface area contributed by atoms with Crippen LogP contribution in [0.4, 0.5) is 0 Å². The summed E-state index contributed by atoms with van der Waals surface area (Å²) < 4.78 is 11.0. The third kappa shape index (κ3) is 2.81. The zero-order valence-corrected chi connectivity index (χ0v) is 12.6. The highest BCUT2D eigenvalue weighted by atomic mass is 16.3. The summed E-state index contributed by atoms with van der Waals surface area (Å²) >= 11 is 0. The number of carbonyl (C=O) groups is 1. The smallest absolute Gasteiger partial charge is 0.255 e. The molecule has 0 bridgehead atoms. The Morgan fingerprint density at radius 1 is 1.09 bits per heavy atom. The lowest BCUT2D eigenvalue weighted by Gasteiger charge is -2.03. The summed E-state index contributed by atoms with van der Waals surface area (Å²) in [5.74, 6) is 1.98. The number of amides is 1. The number of aryl methyl sites for hydroxylation is 2. The molecule has 0 fully saturated rings. The zero-order valence-electron chi connectivity index (χ0n) is 12.6. The van der Waals surface area contributed by atoms with Gasteiger partial charge in [0.15, 0.2) is 0 Å². The molecule has 0 spiro atoms. The lowest BCUT2D eigenvalue weighted by Crippen LogP contribution is -2.23. The molecule has 0 radical (unpaired) electrons. The van der Waals surface area contributed by atoms with Crippen LogP contribution in [0.2, 0.25) is 0 Å². The van der Waals surface area contributed by atoms with Gasteiger partial charge in [0.1, 0.15) is 17.3 Å². The van der Waals surface area contributed by atoms with E-state index in [2.05, 4.69) is 5.32 Å². The molecule has 1 aromatic carbocycles. The minimum atomic E-state index is -0.151. The van der Waals surface area contributed by atoms with Crippen LogP contribution in [0.1, 0.15) is 27.4 Å². The van der Waals surface area contributed by atoms with E-state index in [1.807, 2.05) is 49.4 Å². The lowest BCUT2D eigenvalue weighted by atomic mass is 10.1. The van der Waals surface area contributed by atoms with Crippen LogP contribution in [0.25, 0.3) is 11.3 Å². The van der Waals surface area contributed by atoms with Crippen molar-refractivity contribution in [1.82, 2.24) is 5.32 Å². The van der Waals surface area contributed by atoms with E-state index in [1.54, 1.807) is 13.2 Å². The van der Waals surface area contributed by atoms with E-state index < -0.39 is 0 Å². The fraction of sp³-hybridized carbons (Fsp3) is 0.167. The monoisotopic (exact) mass is 295 g/mol. The van der Waals surface area contributed by atoms with E-state index in [4.69, 9.17) is 8.83 Å². The summed E-state index contributed by atoms with van der Waals surface area (Å²) in [6.07, 6.45) is 1.59. The van der Waals surface area contributed by atoms with Gasteiger partial charge in [-0.25, -0.2) is 0 Å². The standard InChI is InChI=1S/C18H17NO3/c1-12-11-21-13(2)17(12)18(20)19-10-15-8-9-16(22-15)14-6-4-3-5-7-14/h3-9,11H,10H2,1-2H3,(H,19,20). The summed E-state index contributed by atoms with van der Waals surface area (Å²) in [6.45, 7) is 3.98. The first-order valence-corrected chi connectivity index (χ1v) is 7.12. The molecule has 112 valence electrons. The summed E-state index contributed by atoms with van der Waals surface area (Å²) in [5.41, 5.74) is 2.44. The van der Waals surface area contributed by atoms with Gasteiger partial charge in [0, 0.05) is 11.1 Å². The van der Waals surface area contributed by atoms with E-state index in [9.17, 15) is 4.79 Å². The molecule has 4 heteroatoms. The first-order chi connectivity index (χ1) is 10.6. The minimum absolute atomic E-state index is 0.151. The maximum atomic E-state index is 12.2. The molecule has 0 saturated heterocycles. The maximum Gasteiger partial charge on any atom is 0.255 e. The van der Waals surface area contributed by atoms with Crippen molar-refractivity contribution in [2.75, 3.05) is 0 Å². The van der Waals surface area contributed by atoms with Gasteiger partial charge < -0.3 is 14.2 Å². The molecule has 1 N–H and O–H groups in total. The van der Waals surface area contributed by atoms with Crippen molar-refractivity contribution >= 4 is 5.91 Å². The van der Waals surface area contributed by atoms with Crippen molar-refractivity contribution in [2.24, 2.45) is 0 Å². The number of rotatable bonds is 4. The third-order valence-corrected chi connectivity index (χ3v) is 3.53. The van der Waals surface area contributed by atoms with Crippen LogP contribution in [0.15, 0.2) is 57.6 Å². The van der Waals surface area contributed by atoms with E-state index in [1.165, 1.54) is 0 Å². The van der Waals surface area contributed by atoms with Gasteiger partial charge >= 0.3 is 0 Å². The van der Waals surface area contributed by atoms with Gasteiger partial charge in [0.2, 0.25) is 0 Å². The molecule has 0 unspecified atom stereocenters. The molecule has 2 heterocycles. The summed E-state index contributed by atoms with van der Waals surface area (Å²) in [7, 11) is 0. The van der Waals surface area contributed by atoms with E-state index in [-0.39, 0.29) is 5.91 Å². The second kappa shape index (κ2) is 5.93. The molecular formula is C18H17NO3. The van der Waals surface area contributed by atoms with Crippen LogP contribution < -0.4 is 5.32 Å². The van der Waals surface area contributed by atoms with Gasteiger partial charge in [-0.3, -0.25) is 4.79 Å². The van der Waals surface area contributed by atoms with E-state index in [0.29, 0.717) is 23.6 Å². The summed E-state index contributed by atoms with van der Waals surface area (Å²) in [5, 5.41) is 2.86. The van der Waals surface area contributed by atoms with Gasteiger partial charge in [-0.05, 0) is 26.0 Å². The van der Waals surface area contributed by atoms with Crippen molar-refractivity contribution < 1.29 is 13.6 Å². The fourth-order valence-corrected chi connectivity index (χ4v) is 2.40. The maximum absolute atomic E-state index is 12.2. The van der Waals surface area contributed by atoms with Gasteiger partial charge in [-0.15, -0.1) is 0 Å². The van der Waals surface area contributed by atoms with Crippen LogP contribution in [0.3, 0.4) is 0 Å². The van der Waals surface area contributed by atoms with Crippen LogP contribution in [0, 0.1) is 13.8 Å². The summed E-state index contributed by atoms with van der Waals surface area (Å²) in [4.78, 5) is 12.2. The van der Waals surface area contributed by atoms with Crippen molar-refractivity contribution in [3.63, 3.8) is 0 Å². The second-order valence-corrected chi connectivity index (χ2v) is 5.16. The Hall–Kier alpha value is -2.75. The molecule has 2 aromatic heterocycles. The minimum Gasteiger partial charge on any atom is -0.469 e. The Morgan fingerprint density at radius 3 is 2.55 bits per heavy atom. The van der Waals surface area contributed by atoms with Crippen molar-refractivity contribution in [1.29, 1.82) is 0 Å². The average molecular weight is 295 g/mol. The number of carbonyl (C=O) groups excluding carboxylic acids is 1. The molecule has 0 saturated carbocycles. The topological polar surface area (TPSA) is 55.4 Å². The molecule has 1 amide bonds. The van der Waals surface area contributed by atoms with Gasteiger partial charge in [0.25, 0.3) is 5.91 Å². The van der Waals surface area contributed by atoms with Crippen LogP contribution in [-0.4, -0.2) is 5.91 Å². The largest absolute Gasteiger partial charge is 0.469 e. The first-order valence-electron chi connectivity index (χ1n) is 7.12. The highest BCUT2D eigenvalue weighted by molar-refractivity contribution is 5.96. The Labute approximate surface area is 128 Å². The van der Waals surface area contributed by atoms with E-state index in [0.717, 1.165) is 16.9 Å². The number of nitrogens with one attached hydrogen (secondary N) is 1. The van der Waals surface area contributed by atoms with Crippen molar-refractivity contribution in [3.05, 3.63) is 71.4 Å². The van der Waals surface area contributed by atoms with Crippen LogP contribution >= 0.6 is 0 Å². The second-order valence-electron chi connectivity index (χ2n) is 5.16. The van der Waals surface area contributed by atoms with Gasteiger partial charge in [0.05, 0.1) is 18.4 Å². The first kappa shape index (κ1) is 14.2. The van der Waals surface area contributed by atoms with Crippen molar-refractivity contribution in [2.45, 2.75) is 20.4 Å². The number of hydrogen-bond donors (Lipinski definition) is 1. The predicted octanol–water partition coefficient (Wildman–Crippen LogP) is 4.09. The normalized spacial score (nSPS) is 10.6. The molecule has 3 rings (SSSR count). The molecule has 0 aliphatic rings. The Morgan fingerprint density at radius 2 is 1.86 bits per heavy atom. The van der Waals surface area contributed by atoms with Crippen LogP contribution in [0.5, 0.6) is 0 Å². The quantitative estimate of drug-likeness (QED) is 0.788.